The standard InChI is InChI=1S/C12H24N2O2/c1-5-13-12(11(15)16-4)8-7-10(9-12)14(3)6-2/h10,13H,5-9H2,1-4H3. The summed E-state index contributed by atoms with van der Waals surface area (Å²) in [5.74, 6) is -0.110. The molecule has 94 valence electrons. The van der Waals surface area contributed by atoms with Gasteiger partial charge in [-0.05, 0) is 39.4 Å². The highest BCUT2D eigenvalue weighted by molar-refractivity contribution is 5.81. The first-order chi connectivity index (χ1) is 7.59. The molecule has 0 bridgehead atoms. The zero-order valence-electron chi connectivity index (χ0n) is 10.9. The summed E-state index contributed by atoms with van der Waals surface area (Å²) in [5, 5.41) is 3.32. The van der Waals surface area contributed by atoms with Crippen LogP contribution in [0.2, 0.25) is 0 Å². The van der Waals surface area contributed by atoms with Crippen molar-refractivity contribution in [2.75, 3.05) is 27.2 Å². The summed E-state index contributed by atoms with van der Waals surface area (Å²) < 4.78 is 4.93. The average molecular weight is 228 g/mol. The van der Waals surface area contributed by atoms with Crippen molar-refractivity contribution in [2.24, 2.45) is 0 Å². The van der Waals surface area contributed by atoms with Crippen LogP contribution >= 0.6 is 0 Å². The predicted molar refractivity (Wildman–Crippen MR) is 64.4 cm³/mol. The molecule has 16 heavy (non-hydrogen) atoms. The van der Waals surface area contributed by atoms with E-state index in [9.17, 15) is 4.79 Å². The summed E-state index contributed by atoms with van der Waals surface area (Å²) in [6.07, 6.45) is 2.80. The molecule has 1 rings (SSSR count). The minimum atomic E-state index is -0.447. The molecule has 0 aromatic heterocycles. The molecule has 0 amide bonds. The van der Waals surface area contributed by atoms with Gasteiger partial charge < -0.3 is 15.0 Å². The molecule has 4 nitrogen and oxygen atoms in total. The number of hydrogen-bond acceptors (Lipinski definition) is 4. The number of carbonyl (C=O) groups excluding carboxylic acids is 1. The molecule has 0 saturated heterocycles. The first-order valence-electron chi connectivity index (χ1n) is 6.13. The third-order valence-electron chi connectivity index (χ3n) is 3.70. The fraction of sp³-hybridized carbons (Fsp3) is 0.917. The molecule has 1 N–H and O–H groups in total. The van der Waals surface area contributed by atoms with Crippen molar-refractivity contribution in [3.05, 3.63) is 0 Å². The van der Waals surface area contributed by atoms with E-state index in [-0.39, 0.29) is 5.97 Å². The Balaban J connectivity index is 2.72. The zero-order valence-corrected chi connectivity index (χ0v) is 10.9. The van der Waals surface area contributed by atoms with Crippen molar-refractivity contribution in [1.29, 1.82) is 0 Å². The fourth-order valence-corrected chi connectivity index (χ4v) is 2.61. The van der Waals surface area contributed by atoms with Crippen molar-refractivity contribution in [3.8, 4) is 0 Å². The van der Waals surface area contributed by atoms with E-state index in [0.717, 1.165) is 32.4 Å². The Morgan fingerprint density at radius 3 is 2.75 bits per heavy atom. The summed E-state index contributed by atoms with van der Waals surface area (Å²) >= 11 is 0. The maximum absolute atomic E-state index is 11.9. The molecule has 0 radical (unpaired) electrons. The molecule has 0 aromatic rings. The topological polar surface area (TPSA) is 41.6 Å². The summed E-state index contributed by atoms with van der Waals surface area (Å²) in [6, 6.07) is 0.489. The number of hydrogen-bond donors (Lipinski definition) is 1. The van der Waals surface area contributed by atoms with E-state index in [0.29, 0.717) is 6.04 Å². The van der Waals surface area contributed by atoms with Gasteiger partial charge in [-0.3, -0.25) is 4.79 Å². The Labute approximate surface area is 98.3 Å². The van der Waals surface area contributed by atoms with Gasteiger partial charge in [0.15, 0.2) is 0 Å². The molecule has 0 aliphatic heterocycles. The number of ether oxygens (including phenoxy) is 1. The molecule has 0 aromatic carbocycles. The minimum absolute atomic E-state index is 0.110. The van der Waals surface area contributed by atoms with Crippen LogP contribution in [0, 0.1) is 0 Å². The maximum Gasteiger partial charge on any atom is 0.326 e. The van der Waals surface area contributed by atoms with Gasteiger partial charge >= 0.3 is 5.97 Å². The van der Waals surface area contributed by atoms with Gasteiger partial charge in [-0.1, -0.05) is 13.8 Å². The van der Waals surface area contributed by atoms with Crippen LogP contribution in [0.15, 0.2) is 0 Å². The van der Waals surface area contributed by atoms with Gasteiger partial charge in [-0.15, -0.1) is 0 Å². The maximum atomic E-state index is 11.9. The number of methoxy groups -OCH3 is 1. The van der Waals surface area contributed by atoms with Gasteiger partial charge in [0.1, 0.15) is 5.54 Å². The Kier molecular flexibility index (Phi) is 4.74. The zero-order chi connectivity index (χ0) is 12.2. The van der Waals surface area contributed by atoms with Crippen LogP contribution in [0.25, 0.3) is 0 Å². The highest BCUT2D eigenvalue weighted by Gasteiger charge is 2.46. The third kappa shape index (κ3) is 2.55. The predicted octanol–water partition coefficient (Wildman–Crippen LogP) is 1.01. The molecule has 0 heterocycles. The largest absolute Gasteiger partial charge is 0.468 e. The quantitative estimate of drug-likeness (QED) is 0.713. The van der Waals surface area contributed by atoms with Gasteiger partial charge in [0.25, 0.3) is 0 Å². The monoisotopic (exact) mass is 228 g/mol. The Morgan fingerprint density at radius 2 is 2.25 bits per heavy atom. The van der Waals surface area contributed by atoms with Crippen LogP contribution in [-0.2, 0) is 9.53 Å². The molecule has 2 atom stereocenters. The number of nitrogens with one attached hydrogen (secondary N) is 1. The average Bonchev–Trinajstić information content (AvgIpc) is 2.73. The van der Waals surface area contributed by atoms with E-state index in [2.05, 4.69) is 24.2 Å². The summed E-state index contributed by atoms with van der Waals surface area (Å²) in [5.41, 5.74) is -0.447. The van der Waals surface area contributed by atoms with Crippen molar-refractivity contribution in [2.45, 2.75) is 44.7 Å². The summed E-state index contributed by atoms with van der Waals surface area (Å²) in [7, 11) is 3.59. The molecule has 4 heteroatoms. The SMILES string of the molecule is CCNC1(C(=O)OC)CCC(N(C)CC)C1. The van der Waals surface area contributed by atoms with Gasteiger partial charge in [0.2, 0.25) is 0 Å². The molecule has 0 spiro atoms. The molecular weight excluding hydrogens is 204 g/mol. The van der Waals surface area contributed by atoms with E-state index >= 15 is 0 Å². The second-order valence-corrected chi connectivity index (χ2v) is 4.57. The lowest BCUT2D eigenvalue weighted by molar-refractivity contribution is -0.148. The van der Waals surface area contributed by atoms with Crippen molar-refractivity contribution >= 4 is 5.97 Å². The molecule has 1 saturated carbocycles. The highest BCUT2D eigenvalue weighted by atomic mass is 16.5. The first-order valence-corrected chi connectivity index (χ1v) is 6.13. The van der Waals surface area contributed by atoms with E-state index in [1.807, 2.05) is 6.92 Å². The molecule has 1 aliphatic rings. The van der Waals surface area contributed by atoms with E-state index in [4.69, 9.17) is 4.74 Å². The van der Waals surface area contributed by atoms with E-state index in [1.54, 1.807) is 0 Å². The number of likely N-dealkylation sites (N-methyl/N-ethyl adjacent to an activating group) is 1. The highest BCUT2D eigenvalue weighted by Crippen LogP contribution is 2.33. The number of esters is 1. The Bertz CT molecular complexity index is 245. The van der Waals surface area contributed by atoms with Crippen LogP contribution in [0.1, 0.15) is 33.1 Å². The lowest BCUT2D eigenvalue weighted by atomic mass is 9.97. The van der Waals surface area contributed by atoms with Crippen LogP contribution in [-0.4, -0.2) is 49.7 Å². The van der Waals surface area contributed by atoms with Gasteiger partial charge in [0.05, 0.1) is 7.11 Å². The number of rotatable bonds is 5. The summed E-state index contributed by atoms with van der Waals surface area (Å²) in [6.45, 7) is 6.00. The number of carbonyl (C=O) groups is 1. The van der Waals surface area contributed by atoms with Crippen molar-refractivity contribution < 1.29 is 9.53 Å². The second kappa shape index (κ2) is 5.64. The van der Waals surface area contributed by atoms with E-state index < -0.39 is 5.54 Å². The van der Waals surface area contributed by atoms with Gasteiger partial charge in [-0.2, -0.15) is 0 Å². The summed E-state index contributed by atoms with van der Waals surface area (Å²) in [4.78, 5) is 14.2. The number of nitrogens with zero attached hydrogens (tertiary/aromatic N) is 1. The molecule has 1 fully saturated rings. The Hall–Kier alpha value is -0.610. The normalized spacial score (nSPS) is 29.7. The van der Waals surface area contributed by atoms with Crippen LogP contribution in [0.5, 0.6) is 0 Å². The molecular formula is C12H24N2O2. The lowest BCUT2D eigenvalue weighted by Gasteiger charge is -2.29. The lowest BCUT2D eigenvalue weighted by Crippen LogP contribution is -2.51. The molecule has 2 unspecified atom stereocenters. The molecule has 1 aliphatic carbocycles. The van der Waals surface area contributed by atoms with Crippen molar-refractivity contribution in [3.63, 3.8) is 0 Å². The fourth-order valence-electron chi connectivity index (χ4n) is 2.61. The van der Waals surface area contributed by atoms with Crippen LogP contribution < -0.4 is 5.32 Å². The Morgan fingerprint density at radius 1 is 1.56 bits per heavy atom. The third-order valence-corrected chi connectivity index (χ3v) is 3.70. The van der Waals surface area contributed by atoms with Gasteiger partial charge in [-0.25, -0.2) is 0 Å². The first kappa shape index (κ1) is 13.5. The smallest absolute Gasteiger partial charge is 0.326 e. The van der Waals surface area contributed by atoms with Crippen molar-refractivity contribution in [1.82, 2.24) is 10.2 Å². The van der Waals surface area contributed by atoms with E-state index in [1.165, 1.54) is 7.11 Å². The second-order valence-electron chi connectivity index (χ2n) is 4.57. The minimum Gasteiger partial charge on any atom is -0.468 e. The van der Waals surface area contributed by atoms with Crippen LogP contribution in [0.4, 0.5) is 0 Å². The van der Waals surface area contributed by atoms with Crippen LogP contribution in [0.3, 0.4) is 0 Å². The van der Waals surface area contributed by atoms with Gasteiger partial charge in [0, 0.05) is 6.04 Å².